The lowest BCUT2D eigenvalue weighted by atomic mass is 9.68. The number of carbonyl (C=O) groups excluding carboxylic acids is 1. The fraction of sp³-hybridized carbons (Fsp3) is 0.393. The Labute approximate surface area is 200 Å². The van der Waals surface area contributed by atoms with Gasteiger partial charge in [-0.15, -0.1) is 0 Å². The highest BCUT2D eigenvalue weighted by Gasteiger charge is 2.43. The van der Waals surface area contributed by atoms with Gasteiger partial charge in [0.25, 0.3) is 5.91 Å². The molecule has 4 aromatic rings. The zero-order valence-corrected chi connectivity index (χ0v) is 20.1. The Morgan fingerprint density at radius 3 is 2.56 bits per heavy atom. The van der Waals surface area contributed by atoms with Crippen molar-refractivity contribution in [2.24, 2.45) is 5.92 Å². The normalized spacial score (nSPS) is 21.8. The molecule has 2 aromatic carbocycles. The van der Waals surface area contributed by atoms with E-state index in [4.69, 9.17) is 5.10 Å². The molecule has 1 amide bonds. The molecule has 6 nitrogen and oxygen atoms in total. The first kappa shape index (κ1) is 21.1. The van der Waals surface area contributed by atoms with Crippen molar-refractivity contribution in [3.05, 3.63) is 76.9 Å². The Kier molecular flexibility index (Phi) is 5.05. The molecule has 174 valence electrons. The number of aromatic nitrogens is 4. The number of imidazole rings is 1. The Morgan fingerprint density at radius 2 is 1.85 bits per heavy atom. The van der Waals surface area contributed by atoms with Crippen LogP contribution < -0.4 is 4.90 Å². The van der Waals surface area contributed by atoms with Crippen molar-refractivity contribution >= 4 is 22.6 Å². The second-order valence-corrected chi connectivity index (χ2v) is 9.74. The van der Waals surface area contributed by atoms with Gasteiger partial charge in [-0.2, -0.15) is 5.10 Å². The minimum atomic E-state index is -0.190. The molecule has 1 aliphatic heterocycles. The van der Waals surface area contributed by atoms with Crippen LogP contribution >= 0.6 is 0 Å². The lowest BCUT2D eigenvalue weighted by Crippen LogP contribution is -2.30. The van der Waals surface area contributed by atoms with E-state index < -0.39 is 0 Å². The second kappa shape index (κ2) is 8.12. The third kappa shape index (κ3) is 3.11. The number of benzene rings is 2. The number of nitrogens with zero attached hydrogens (tertiary/aromatic N) is 4. The number of aryl methyl sites for hydroxylation is 1. The van der Waals surface area contributed by atoms with Gasteiger partial charge in [0.15, 0.2) is 5.69 Å². The van der Waals surface area contributed by atoms with Crippen molar-refractivity contribution < 1.29 is 4.79 Å². The fourth-order valence-corrected chi connectivity index (χ4v) is 6.02. The maximum absolute atomic E-state index is 13.7. The van der Waals surface area contributed by atoms with E-state index in [0.29, 0.717) is 11.6 Å². The van der Waals surface area contributed by atoms with Gasteiger partial charge in [-0.1, -0.05) is 44.0 Å². The molecule has 6 heteroatoms. The number of carbonyl (C=O) groups is 1. The molecular formula is C28H31N5O. The quantitative estimate of drug-likeness (QED) is 0.382. The van der Waals surface area contributed by atoms with Crippen molar-refractivity contribution in [1.82, 2.24) is 19.7 Å². The predicted molar refractivity (Wildman–Crippen MR) is 134 cm³/mol. The van der Waals surface area contributed by atoms with Crippen molar-refractivity contribution in [3.63, 3.8) is 0 Å². The highest BCUT2D eigenvalue weighted by Crippen LogP contribution is 2.47. The van der Waals surface area contributed by atoms with E-state index in [1.807, 2.05) is 27.8 Å². The number of amides is 1. The Balaban J connectivity index is 1.43. The summed E-state index contributed by atoms with van der Waals surface area (Å²) < 4.78 is 1.95. The topological polar surface area (TPSA) is 66.8 Å². The maximum Gasteiger partial charge on any atom is 0.280 e. The summed E-state index contributed by atoms with van der Waals surface area (Å²) in [6, 6.07) is 14.8. The zero-order valence-electron chi connectivity index (χ0n) is 20.1. The van der Waals surface area contributed by atoms with Crippen molar-refractivity contribution in [3.8, 4) is 0 Å². The lowest BCUT2D eigenvalue weighted by Gasteiger charge is -2.37. The third-order valence-corrected chi connectivity index (χ3v) is 7.94. The van der Waals surface area contributed by atoms with Gasteiger partial charge in [0, 0.05) is 23.5 Å². The van der Waals surface area contributed by atoms with Gasteiger partial charge in [-0.25, -0.2) is 4.98 Å². The van der Waals surface area contributed by atoms with Crippen LogP contribution in [0.3, 0.4) is 0 Å². The smallest absolute Gasteiger partial charge is 0.280 e. The highest BCUT2D eigenvalue weighted by molar-refractivity contribution is 6.11. The molecule has 2 aliphatic rings. The first-order valence-electron chi connectivity index (χ1n) is 12.5. The number of rotatable bonds is 6. The van der Waals surface area contributed by atoms with Crippen LogP contribution in [0.2, 0.25) is 0 Å². The van der Waals surface area contributed by atoms with Gasteiger partial charge in [0.2, 0.25) is 0 Å². The number of hydrogen-bond donors (Lipinski definition) is 1. The van der Waals surface area contributed by atoms with Crippen LogP contribution in [-0.4, -0.2) is 25.7 Å². The van der Waals surface area contributed by atoms with Gasteiger partial charge in [-0.05, 0) is 67.9 Å². The van der Waals surface area contributed by atoms with E-state index in [0.717, 1.165) is 46.0 Å². The van der Waals surface area contributed by atoms with Crippen LogP contribution in [0.1, 0.15) is 84.4 Å². The number of nitrogens with one attached hydrogen (secondary N) is 1. The van der Waals surface area contributed by atoms with Crippen LogP contribution in [0.15, 0.2) is 48.8 Å². The molecule has 3 atom stereocenters. The standard InChI is InChI=1S/C28H31N5O/c1-4-6-18-11-13-22(18)19-7-9-20(10-8-19)27-25-17(3)32(5-2)31-26(25)28(34)33(27)21-12-14-23-24(15-21)30-16-29-23/h7-10,12,14-16,18,22,27H,4-6,11,13H2,1-3H3,(H,29,30). The average Bonchev–Trinajstić information content (AvgIpc) is 3.51. The van der Waals surface area contributed by atoms with E-state index in [9.17, 15) is 4.79 Å². The summed E-state index contributed by atoms with van der Waals surface area (Å²) in [6.45, 7) is 7.17. The number of fused-ring (bicyclic) bond motifs is 2. The molecule has 2 aromatic heterocycles. The molecule has 0 bridgehead atoms. The number of hydrogen-bond acceptors (Lipinski definition) is 3. The van der Waals surface area contributed by atoms with Crippen LogP contribution in [-0.2, 0) is 6.54 Å². The van der Waals surface area contributed by atoms with E-state index in [2.05, 4.69) is 55.0 Å². The molecule has 0 spiro atoms. The van der Waals surface area contributed by atoms with Crippen LogP contribution in [0.4, 0.5) is 5.69 Å². The predicted octanol–water partition coefficient (Wildman–Crippen LogP) is 6.13. The van der Waals surface area contributed by atoms with E-state index in [1.54, 1.807) is 6.33 Å². The lowest BCUT2D eigenvalue weighted by molar-refractivity contribution is 0.0988. The molecule has 0 radical (unpaired) electrons. The molecule has 1 fully saturated rings. The second-order valence-electron chi connectivity index (χ2n) is 9.74. The molecule has 1 saturated carbocycles. The molecule has 3 heterocycles. The fourth-order valence-electron chi connectivity index (χ4n) is 6.02. The van der Waals surface area contributed by atoms with E-state index in [-0.39, 0.29) is 11.9 Å². The van der Waals surface area contributed by atoms with Gasteiger partial charge >= 0.3 is 0 Å². The molecule has 1 N–H and O–H groups in total. The first-order valence-corrected chi connectivity index (χ1v) is 12.5. The SMILES string of the molecule is CCCC1CCC1c1ccc(C2c3c(nn(CC)c3C)C(=O)N2c2ccc3nc[nH]c3c2)cc1. The molecule has 3 unspecified atom stereocenters. The van der Waals surface area contributed by atoms with Gasteiger partial charge in [-0.3, -0.25) is 14.4 Å². The van der Waals surface area contributed by atoms with E-state index in [1.165, 1.54) is 31.2 Å². The summed E-state index contributed by atoms with van der Waals surface area (Å²) in [5.41, 5.74) is 7.90. The first-order chi connectivity index (χ1) is 16.6. The summed E-state index contributed by atoms with van der Waals surface area (Å²) >= 11 is 0. The van der Waals surface area contributed by atoms with Crippen molar-refractivity contribution in [1.29, 1.82) is 0 Å². The summed E-state index contributed by atoms with van der Waals surface area (Å²) in [6.07, 6.45) is 6.89. The van der Waals surface area contributed by atoms with Crippen molar-refractivity contribution in [2.75, 3.05) is 4.90 Å². The zero-order chi connectivity index (χ0) is 23.4. The Morgan fingerprint density at radius 1 is 1.06 bits per heavy atom. The molecule has 34 heavy (non-hydrogen) atoms. The summed E-state index contributed by atoms with van der Waals surface area (Å²) in [5, 5.41) is 4.70. The minimum Gasteiger partial charge on any atom is -0.345 e. The third-order valence-electron chi connectivity index (χ3n) is 7.94. The number of anilines is 1. The highest BCUT2D eigenvalue weighted by atomic mass is 16.2. The summed E-state index contributed by atoms with van der Waals surface area (Å²) in [5.74, 6) is 1.46. The van der Waals surface area contributed by atoms with Gasteiger partial charge in [0.05, 0.1) is 23.4 Å². The molecule has 1 aliphatic carbocycles. The Bertz CT molecular complexity index is 1370. The minimum absolute atomic E-state index is 0.0414. The molecule has 0 saturated heterocycles. The summed E-state index contributed by atoms with van der Waals surface area (Å²) in [4.78, 5) is 23.1. The molecule has 6 rings (SSSR count). The van der Waals surface area contributed by atoms with E-state index >= 15 is 0 Å². The largest absolute Gasteiger partial charge is 0.345 e. The van der Waals surface area contributed by atoms with Gasteiger partial charge < -0.3 is 4.98 Å². The summed E-state index contributed by atoms with van der Waals surface area (Å²) in [7, 11) is 0. The van der Waals surface area contributed by atoms with Gasteiger partial charge in [0.1, 0.15) is 0 Å². The maximum atomic E-state index is 13.7. The number of aromatic amines is 1. The average molecular weight is 454 g/mol. The Hall–Kier alpha value is -3.41. The monoisotopic (exact) mass is 453 g/mol. The molecular weight excluding hydrogens is 422 g/mol. The van der Waals surface area contributed by atoms with Crippen LogP contribution in [0.25, 0.3) is 11.0 Å². The van der Waals surface area contributed by atoms with Crippen molar-refractivity contribution in [2.45, 2.75) is 65.0 Å². The van der Waals surface area contributed by atoms with Crippen LogP contribution in [0.5, 0.6) is 0 Å². The number of H-pyrrole nitrogens is 1. The van der Waals surface area contributed by atoms with Crippen LogP contribution in [0, 0.1) is 12.8 Å².